The Bertz CT molecular complexity index is 1530. The number of tetrazole rings is 1. The van der Waals surface area contributed by atoms with Gasteiger partial charge in [-0.2, -0.15) is 0 Å². The Morgan fingerprint density at radius 2 is 1.66 bits per heavy atom. The van der Waals surface area contributed by atoms with Crippen molar-refractivity contribution in [1.29, 1.82) is 0 Å². The monoisotopic (exact) mass is 531 g/mol. The van der Waals surface area contributed by atoms with E-state index in [0.717, 1.165) is 71.9 Å². The quantitative estimate of drug-likeness (QED) is 0.385. The molecule has 1 aliphatic carbocycles. The molecule has 1 aliphatic heterocycles. The number of piperazine rings is 1. The van der Waals surface area contributed by atoms with Gasteiger partial charge in [-0.1, -0.05) is 42.6 Å². The Morgan fingerprint density at radius 3 is 2.42 bits per heavy atom. The molecular weight excluding hydrogens is 498 g/mol. The number of benzene rings is 2. The average Bonchev–Trinajstić information content (AvgIpc) is 3.62. The molecule has 0 bridgehead atoms. The van der Waals surface area contributed by atoms with Crippen LogP contribution in [0.2, 0.25) is 5.02 Å². The highest BCUT2D eigenvalue weighted by molar-refractivity contribution is 6.30. The van der Waals surface area contributed by atoms with Gasteiger partial charge in [-0.3, -0.25) is 9.69 Å². The molecule has 1 N–H and O–H groups in total. The first-order valence-corrected chi connectivity index (χ1v) is 13.9. The number of aromatic nitrogens is 5. The first kappa shape index (κ1) is 25.1. The number of fused-ring (bicyclic) bond motifs is 1. The number of pyridine rings is 1. The molecule has 2 aliphatic rings. The number of hydrogen-bond acceptors (Lipinski definition) is 6. The highest BCUT2D eigenvalue weighted by Crippen LogP contribution is 2.35. The van der Waals surface area contributed by atoms with Crippen LogP contribution in [-0.2, 0) is 0 Å². The number of rotatable bonds is 5. The van der Waals surface area contributed by atoms with E-state index in [4.69, 9.17) is 11.6 Å². The summed E-state index contributed by atoms with van der Waals surface area (Å²) in [5.41, 5.74) is 6.10. The third-order valence-corrected chi connectivity index (χ3v) is 8.63. The van der Waals surface area contributed by atoms with Crippen LogP contribution in [0.4, 0.5) is 5.69 Å². The van der Waals surface area contributed by atoms with Crippen LogP contribution in [0.25, 0.3) is 10.9 Å². The number of H-pyrrole nitrogens is 1. The largest absolute Gasteiger partial charge is 0.369 e. The minimum absolute atomic E-state index is 0.0784. The summed E-state index contributed by atoms with van der Waals surface area (Å²) in [6, 6.07) is 12.2. The van der Waals surface area contributed by atoms with E-state index >= 15 is 0 Å². The molecule has 1 atom stereocenters. The summed E-state index contributed by atoms with van der Waals surface area (Å²) in [6.45, 7) is 9.45. The van der Waals surface area contributed by atoms with Crippen LogP contribution in [0.1, 0.15) is 65.8 Å². The SMILES string of the molecule is Cc1ccc(Cl)cc1N1CCN(C(c2cc3c(C)ccc(C)c3[nH]c2=O)c2nnnn2C2CCCC2)CC1. The van der Waals surface area contributed by atoms with E-state index in [1.807, 2.05) is 23.7 Å². The molecule has 8 nitrogen and oxygen atoms in total. The van der Waals surface area contributed by atoms with Gasteiger partial charge in [0.25, 0.3) is 5.56 Å². The second-order valence-electron chi connectivity index (χ2n) is 10.8. The molecule has 0 radical (unpaired) electrons. The highest BCUT2D eigenvalue weighted by atomic mass is 35.5. The molecule has 4 aromatic rings. The fraction of sp³-hybridized carbons (Fsp3) is 0.448. The molecule has 1 saturated heterocycles. The Balaban J connectivity index is 1.41. The average molecular weight is 532 g/mol. The number of hydrogen-bond donors (Lipinski definition) is 1. The van der Waals surface area contributed by atoms with Crippen LogP contribution >= 0.6 is 11.6 Å². The molecule has 2 aromatic carbocycles. The molecule has 2 aromatic heterocycles. The summed E-state index contributed by atoms with van der Waals surface area (Å²) < 4.78 is 2.00. The lowest BCUT2D eigenvalue weighted by Crippen LogP contribution is -2.49. The molecule has 3 heterocycles. The third-order valence-electron chi connectivity index (χ3n) is 8.39. The summed E-state index contributed by atoms with van der Waals surface area (Å²) in [5.74, 6) is 0.763. The van der Waals surface area contributed by atoms with Crippen LogP contribution in [0.15, 0.2) is 41.2 Å². The number of halogens is 1. The highest BCUT2D eigenvalue weighted by Gasteiger charge is 2.35. The molecular formula is C29H34ClN7O. The zero-order chi connectivity index (χ0) is 26.4. The van der Waals surface area contributed by atoms with Gasteiger partial charge in [-0.25, -0.2) is 4.68 Å². The first-order chi connectivity index (χ1) is 18.4. The van der Waals surface area contributed by atoms with Gasteiger partial charge in [0.1, 0.15) is 6.04 Å². The van der Waals surface area contributed by atoms with E-state index in [1.54, 1.807) is 0 Å². The topological polar surface area (TPSA) is 82.9 Å². The smallest absolute Gasteiger partial charge is 0.253 e. The Labute approximate surface area is 227 Å². The second-order valence-corrected chi connectivity index (χ2v) is 11.3. The Kier molecular flexibility index (Phi) is 6.70. The lowest BCUT2D eigenvalue weighted by atomic mass is 9.98. The second kappa shape index (κ2) is 10.2. The lowest BCUT2D eigenvalue weighted by Gasteiger charge is -2.40. The van der Waals surface area contributed by atoms with Crippen LogP contribution in [0, 0.1) is 20.8 Å². The van der Waals surface area contributed by atoms with E-state index in [9.17, 15) is 4.79 Å². The van der Waals surface area contributed by atoms with Crippen LogP contribution in [-0.4, -0.2) is 56.3 Å². The van der Waals surface area contributed by atoms with E-state index in [-0.39, 0.29) is 17.6 Å². The number of aryl methyl sites for hydroxylation is 3. The Morgan fingerprint density at radius 1 is 0.947 bits per heavy atom. The van der Waals surface area contributed by atoms with Gasteiger partial charge in [-0.15, -0.1) is 5.10 Å². The zero-order valence-electron chi connectivity index (χ0n) is 22.2. The maximum absolute atomic E-state index is 13.7. The van der Waals surface area contributed by atoms with Gasteiger partial charge in [0.2, 0.25) is 0 Å². The first-order valence-electron chi connectivity index (χ1n) is 13.6. The van der Waals surface area contributed by atoms with Crippen molar-refractivity contribution in [1.82, 2.24) is 30.1 Å². The van der Waals surface area contributed by atoms with E-state index in [0.29, 0.717) is 5.56 Å². The maximum atomic E-state index is 13.7. The van der Waals surface area contributed by atoms with Gasteiger partial charge in [-0.05, 0) is 78.9 Å². The van der Waals surface area contributed by atoms with E-state index in [1.165, 1.54) is 24.1 Å². The number of nitrogens with zero attached hydrogens (tertiary/aromatic N) is 6. The predicted molar refractivity (Wildman–Crippen MR) is 151 cm³/mol. The van der Waals surface area contributed by atoms with E-state index < -0.39 is 0 Å². The molecule has 9 heteroatoms. The molecule has 198 valence electrons. The van der Waals surface area contributed by atoms with Gasteiger partial charge < -0.3 is 9.88 Å². The molecule has 0 spiro atoms. The summed E-state index contributed by atoms with van der Waals surface area (Å²) >= 11 is 6.33. The van der Waals surface area contributed by atoms with Gasteiger partial charge in [0.05, 0.1) is 11.6 Å². The summed E-state index contributed by atoms with van der Waals surface area (Å²) in [4.78, 5) is 21.6. The fourth-order valence-electron chi connectivity index (χ4n) is 6.23. The van der Waals surface area contributed by atoms with Crippen molar-refractivity contribution in [2.24, 2.45) is 0 Å². The van der Waals surface area contributed by atoms with Crippen molar-refractivity contribution >= 4 is 28.2 Å². The van der Waals surface area contributed by atoms with Crippen molar-refractivity contribution in [3.63, 3.8) is 0 Å². The van der Waals surface area contributed by atoms with Gasteiger partial charge in [0, 0.05) is 47.8 Å². The lowest BCUT2D eigenvalue weighted by molar-refractivity contribution is 0.197. The standard InChI is InChI=1S/C29H34ClN7O/c1-18-8-9-20(3)26-23(18)17-24(29(38)31-26)27(28-32-33-34-37(28)22-6-4-5-7-22)36-14-12-35(13-15-36)25-16-21(30)11-10-19(25)2/h8-11,16-17,22,27H,4-7,12-15H2,1-3H3,(H,31,38). The van der Waals surface area contributed by atoms with Gasteiger partial charge >= 0.3 is 0 Å². The molecule has 0 amide bonds. The van der Waals surface area contributed by atoms with Gasteiger partial charge in [0.15, 0.2) is 5.82 Å². The molecule has 1 saturated carbocycles. The number of nitrogens with one attached hydrogen (secondary N) is 1. The fourth-order valence-corrected chi connectivity index (χ4v) is 6.39. The summed E-state index contributed by atoms with van der Waals surface area (Å²) in [7, 11) is 0. The minimum atomic E-state index is -0.332. The van der Waals surface area contributed by atoms with E-state index in [2.05, 4.69) is 68.4 Å². The molecule has 38 heavy (non-hydrogen) atoms. The number of aromatic amines is 1. The predicted octanol–water partition coefficient (Wildman–Crippen LogP) is 5.12. The van der Waals surface area contributed by atoms with Crippen LogP contribution in [0.5, 0.6) is 0 Å². The maximum Gasteiger partial charge on any atom is 0.253 e. The van der Waals surface area contributed by atoms with Crippen molar-refractivity contribution < 1.29 is 0 Å². The summed E-state index contributed by atoms with van der Waals surface area (Å²) in [5, 5.41) is 14.9. The van der Waals surface area contributed by atoms with Crippen molar-refractivity contribution in [2.75, 3.05) is 31.1 Å². The minimum Gasteiger partial charge on any atom is -0.369 e. The summed E-state index contributed by atoms with van der Waals surface area (Å²) in [6.07, 6.45) is 4.50. The molecule has 6 rings (SSSR count). The number of anilines is 1. The zero-order valence-corrected chi connectivity index (χ0v) is 23.0. The van der Waals surface area contributed by atoms with Crippen molar-refractivity contribution in [3.8, 4) is 0 Å². The van der Waals surface area contributed by atoms with Crippen molar-refractivity contribution in [3.05, 3.63) is 79.9 Å². The normalized spacial score (nSPS) is 17.9. The van der Waals surface area contributed by atoms with Crippen LogP contribution in [0.3, 0.4) is 0 Å². The van der Waals surface area contributed by atoms with Crippen LogP contribution < -0.4 is 10.5 Å². The Hall–Kier alpha value is -3.23. The third kappa shape index (κ3) is 4.50. The molecule has 1 unspecified atom stereocenters. The molecule has 2 fully saturated rings. The van der Waals surface area contributed by atoms with Crippen molar-refractivity contribution in [2.45, 2.75) is 58.5 Å².